The second-order valence-electron chi connectivity index (χ2n) is 6.57. The summed E-state index contributed by atoms with van der Waals surface area (Å²) >= 11 is 0. The molecule has 4 nitrogen and oxygen atoms in total. The number of nitrogens with zero attached hydrogens (tertiary/aromatic N) is 1. The molecule has 3 rings (SSSR count). The van der Waals surface area contributed by atoms with Gasteiger partial charge in [-0.25, -0.2) is 4.79 Å². The van der Waals surface area contributed by atoms with Crippen LogP contribution in [0, 0.1) is 29.1 Å². The number of esters is 1. The Kier molecular flexibility index (Phi) is 3.54. The molecule has 0 amide bonds. The third-order valence-electron chi connectivity index (χ3n) is 5.67. The topological polar surface area (TPSA) is 67.2 Å². The van der Waals surface area contributed by atoms with Crippen LogP contribution >= 0.6 is 0 Å². The van der Waals surface area contributed by atoms with Gasteiger partial charge in [0.1, 0.15) is 11.4 Å². The minimum Gasteiger partial charge on any atom is -0.447 e. The quantitative estimate of drug-likeness (QED) is 0.545. The second kappa shape index (κ2) is 5.20. The van der Waals surface area contributed by atoms with Crippen LogP contribution < -0.4 is 0 Å². The number of carbonyl (C=O) groups excluding carboxylic acids is 2. The first-order valence-electron chi connectivity index (χ1n) is 7.83. The summed E-state index contributed by atoms with van der Waals surface area (Å²) in [6.07, 6.45) is 8.68. The van der Waals surface area contributed by atoms with Crippen molar-refractivity contribution in [3.8, 4) is 6.07 Å². The van der Waals surface area contributed by atoms with Gasteiger partial charge in [-0.2, -0.15) is 5.26 Å². The molecule has 20 heavy (non-hydrogen) atoms. The summed E-state index contributed by atoms with van der Waals surface area (Å²) in [4.78, 5) is 24.1. The van der Waals surface area contributed by atoms with E-state index in [1.807, 2.05) is 0 Å². The van der Waals surface area contributed by atoms with E-state index in [1.165, 1.54) is 6.42 Å². The number of rotatable bonds is 1. The fourth-order valence-electron chi connectivity index (χ4n) is 4.96. The predicted molar refractivity (Wildman–Crippen MR) is 71.5 cm³/mol. The van der Waals surface area contributed by atoms with Gasteiger partial charge in [-0.1, -0.05) is 12.8 Å². The smallest absolute Gasteiger partial charge is 0.411 e. The molecule has 0 saturated heterocycles. The fraction of sp³-hybridized carbons (Fsp3) is 0.812. The number of hydrogen-bond donors (Lipinski definition) is 0. The molecular weight excluding hydrogens is 254 g/mol. The molecule has 4 bridgehead atoms. The molecule has 3 fully saturated rings. The normalized spacial score (nSPS) is 40.1. The SMILES string of the molecule is N#CC(=O)O[C@@]12CCC[C@H]3CCCC[C@@H]1CCC(=O)[C@H]32. The van der Waals surface area contributed by atoms with Crippen molar-refractivity contribution in [1.29, 1.82) is 5.26 Å². The zero-order chi connectivity index (χ0) is 14.2. The van der Waals surface area contributed by atoms with Crippen molar-refractivity contribution in [1.82, 2.24) is 0 Å². The number of Topliss-reactive ketones (excluding diaryl/α,β-unsaturated/α-hetero) is 1. The Balaban J connectivity index is 2.01. The number of carbonyl (C=O) groups is 2. The minimum atomic E-state index is -0.809. The molecule has 3 saturated carbocycles. The fourth-order valence-corrected chi connectivity index (χ4v) is 4.96. The number of ketones is 1. The van der Waals surface area contributed by atoms with Crippen molar-refractivity contribution in [2.45, 2.75) is 63.4 Å². The predicted octanol–water partition coefficient (Wildman–Crippen LogP) is 2.76. The molecule has 108 valence electrons. The number of nitriles is 1. The molecular formula is C16H21NO3. The van der Waals surface area contributed by atoms with Gasteiger partial charge in [0.2, 0.25) is 0 Å². The Hall–Kier alpha value is -1.37. The lowest BCUT2D eigenvalue weighted by Gasteiger charge is -2.54. The Bertz CT molecular complexity index is 467. The lowest BCUT2D eigenvalue weighted by atomic mass is 9.55. The van der Waals surface area contributed by atoms with Crippen LogP contribution in [0.3, 0.4) is 0 Å². The van der Waals surface area contributed by atoms with Gasteiger partial charge >= 0.3 is 5.97 Å². The maximum absolute atomic E-state index is 12.5. The van der Waals surface area contributed by atoms with Crippen LogP contribution in [0.5, 0.6) is 0 Å². The summed E-state index contributed by atoms with van der Waals surface area (Å²) in [5.74, 6) is -0.0708. The summed E-state index contributed by atoms with van der Waals surface area (Å²) in [5, 5.41) is 8.80. The van der Waals surface area contributed by atoms with E-state index in [1.54, 1.807) is 6.07 Å². The van der Waals surface area contributed by atoms with E-state index in [-0.39, 0.29) is 17.6 Å². The highest BCUT2D eigenvalue weighted by atomic mass is 16.6. The van der Waals surface area contributed by atoms with Crippen molar-refractivity contribution < 1.29 is 14.3 Å². The van der Waals surface area contributed by atoms with Crippen LogP contribution in [0.15, 0.2) is 0 Å². The van der Waals surface area contributed by atoms with E-state index in [2.05, 4.69) is 0 Å². The lowest BCUT2D eigenvalue weighted by Crippen LogP contribution is -2.59. The average Bonchev–Trinajstić information content (AvgIpc) is 2.45. The highest BCUT2D eigenvalue weighted by Gasteiger charge is 2.58. The van der Waals surface area contributed by atoms with Gasteiger partial charge in [0.15, 0.2) is 6.07 Å². The summed E-state index contributed by atoms with van der Waals surface area (Å²) in [5.41, 5.74) is -0.661. The molecule has 0 aromatic heterocycles. The maximum Gasteiger partial charge on any atom is 0.411 e. The van der Waals surface area contributed by atoms with Gasteiger partial charge in [-0.3, -0.25) is 4.79 Å². The average molecular weight is 275 g/mol. The summed E-state index contributed by atoms with van der Waals surface area (Å²) in [6, 6.07) is 1.58. The van der Waals surface area contributed by atoms with Crippen molar-refractivity contribution >= 4 is 11.8 Å². The van der Waals surface area contributed by atoms with Crippen molar-refractivity contribution in [2.24, 2.45) is 17.8 Å². The highest BCUT2D eigenvalue weighted by molar-refractivity contribution is 5.88. The van der Waals surface area contributed by atoms with Crippen molar-refractivity contribution in [3.63, 3.8) is 0 Å². The van der Waals surface area contributed by atoms with Gasteiger partial charge < -0.3 is 4.74 Å². The molecule has 0 spiro atoms. The Morgan fingerprint density at radius 2 is 1.95 bits per heavy atom. The molecule has 0 aliphatic heterocycles. The van der Waals surface area contributed by atoms with Crippen LogP contribution in [0.25, 0.3) is 0 Å². The van der Waals surface area contributed by atoms with Gasteiger partial charge in [0.25, 0.3) is 0 Å². The third kappa shape index (κ3) is 2.04. The molecule has 0 N–H and O–H groups in total. The van der Waals surface area contributed by atoms with Crippen molar-refractivity contribution in [3.05, 3.63) is 0 Å². The molecule has 3 aliphatic carbocycles. The largest absolute Gasteiger partial charge is 0.447 e. The number of hydrogen-bond acceptors (Lipinski definition) is 4. The Labute approximate surface area is 119 Å². The van der Waals surface area contributed by atoms with Gasteiger partial charge in [0.05, 0.1) is 5.92 Å². The molecule has 0 radical (unpaired) electrons. The first kappa shape index (κ1) is 13.6. The second-order valence-corrected chi connectivity index (χ2v) is 6.57. The van der Waals surface area contributed by atoms with E-state index in [9.17, 15) is 9.59 Å². The van der Waals surface area contributed by atoms with E-state index in [0.717, 1.165) is 44.9 Å². The first-order chi connectivity index (χ1) is 9.67. The lowest BCUT2D eigenvalue weighted by molar-refractivity contribution is -0.193. The zero-order valence-corrected chi connectivity index (χ0v) is 11.8. The van der Waals surface area contributed by atoms with E-state index >= 15 is 0 Å². The molecule has 0 aromatic rings. The number of ether oxygens (including phenoxy) is 1. The summed E-state index contributed by atoms with van der Waals surface area (Å²) in [7, 11) is 0. The third-order valence-corrected chi connectivity index (χ3v) is 5.67. The Morgan fingerprint density at radius 1 is 1.20 bits per heavy atom. The molecule has 3 aliphatic rings. The zero-order valence-electron chi connectivity index (χ0n) is 11.8. The standard InChI is InChI=1S/C16H21NO3/c17-10-14(19)20-16-9-3-5-11-4-1-2-6-12(16)7-8-13(18)15(11)16/h11-12,15H,1-9H2/t11-,12-,15+,16+/m1/s1. The minimum absolute atomic E-state index is 0.146. The summed E-state index contributed by atoms with van der Waals surface area (Å²) in [6.45, 7) is 0. The maximum atomic E-state index is 12.5. The van der Waals surface area contributed by atoms with E-state index in [4.69, 9.17) is 10.00 Å². The van der Waals surface area contributed by atoms with Gasteiger partial charge in [-0.05, 0) is 50.4 Å². The van der Waals surface area contributed by atoms with Crippen LogP contribution in [-0.4, -0.2) is 17.4 Å². The molecule has 0 aromatic carbocycles. The summed E-state index contributed by atoms with van der Waals surface area (Å²) < 4.78 is 5.65. The highest BCUT2D eigenvalue weighted by Crippen LogP contribution is 2.54. The van der Waals surface area contributed by atoms with Crippen LogP contribution in [0.4, 0.5) is 0 Å². The molecule has 4 atom stereocenters. The first-order valence-corrected chi connectivity index (χ1v) is 7.83. The van der Waals surface area contributed by atoms with Crippen LogP contribution in [-0.2, 0) is 14.3 Å². The van der Waals surface area contributed by atoms with E-state index < -0.39 is 11.6 Å². The van der Waals surface area contributed by atoms with Crippen LogP contribution in [0.1, 0.15) is 57.8 Å². The van der Waals surface area contributed by atoms with Crippen LogP contribution in [0.2, 0.25) is 0 Å². The molecule has 0 heterocycles. The van der Waals surface area contributed by atoms with Gasteiger partial charge in [0, 0.05) is 6.42 Å². The van der Waals surface area contributed by atoms with Crippen molar-refractivity contribution in [2.75, 3.05) is 0 Å². The Morgan fingerprint density at radius 3 is 2.75 bits per heavy atom. The molecule has 0 unspecified atom stereocenters. The van der Waals surface area contributed by atoms with Gasteiger partial charge in [-0.15, -0.1) is 0 Å². The molecule has 4 heteroatoms. The van der Waals surface area contributed by atoms with E-state index in [0.29, 0.717) is 12.3 Å². The monoisotopic (exact) mass is 275 g/mol.